The lowest BCUT2D eigenvalue weighted by Gasteiger charge is -2.14. The molecule has 0 bridgehead atoms. The zero-order chi connectivity index (χ0) is 25.7. The van der Waals surface area contributed by atoms with Crippen molar-refractivity contribution < 1.29 is 19.1 Å². The third kappa shape index (κ3) is 6.02. The van der Waals surface area contributed by atoms with Crippen LogP contribution in [0.2, 0.25) is 0 Å². The van der Waals surface area contributed by atoms with E-state index in [0.29, 0.717) is 34.0 Å². The van der Waals surface area contributed by atoms with Crippen molar-refractivity contribution in [2.75, 3.05) is 10.6 Å². The largest absolute Gasteiger partial charge is 0.491 e. The maximum absolute atomic E-state index is 13.0. The van der Waals surface area contributed by atoms with Gasteiger partial charge in [0.2, 0.25) is 0 Å². The number of amides is 2. The summed E-state index contributed by atoms with van der Waals surface area (Å²) in [5.41, 5.74) is 2.29. The van der Waals surface area contributed by atoms with Crippen molar-refractivity contribution >= 4 is 34.0 Å². The zero-order valence-electron chi connectivity index (χ0n) is 20.9. The first-order valence-corrected chi connectivity index (χ1v) is 12.0. The molecular formula is C30H30N2O4. The maximum atomic E-state index is 13.0. The summed E-state index contributed by atoms with van der Waals surface area (Å²) in [5, 5.41) is 7.62. The Balaban J connectivity index is 1.57. The van der Waals surface area contributed by atoms with Crippen LogP contribution in [0, 0.1) is 0 Å². The minimum atomic E-state index is -0.242. The van der Waals surface area contributed by atoms with E-state index in [9.17, 15) is 9.59 Å². The number of ether oxygens (including phenoxy) is 2. The van der Waals surface area contributed by atoms with Crippen molar-refractivity contribution in [1.29, 1.82) is 0 Å². The Labute approximate surface area is 211 Å². The second kappa shape index (κ2) is 11.0. The van der Waals surface area contributed by atoms with E-state index in [1.165, 1.54) is 0 Å². The van der Waals surface area contributed by atoms with Crippen LogP contribution in [0.5, 0.6) is 11.5 Å². The van der Waals surface area contributed by atoms with E-state index in [-0.39, 0.29) is 24.0 Å². The molecule has 0 aliphatic heterocycles. The lowest BCUT2D eigenvalue weighted by atomic mass is 10.1. The molecule has 0 aliphatic rings. The Bertz CT molecular complexity index is 1290. The quantitative estimate of drug-likeness (QED) is 0.286. The topological polar surface area (TPSA) is 76.7 Å². The molecule has 0 spiro atoms. The van der Waals surface area contributed by atoms with Crippen LogP contribution in [0.15, 0.2) is 84.9 Å². The van der Waals surface area contributed by atoms with Crippen molar-refractivity contribution in [3.63, 3.8) is 0 Å². The molecule has 6 heteroatoms. The molecule has 6 nitrogen and oxygen atoms in total. The van der Waals surface area contributed by atoms with Crippen LogP contribution in [0.3, 0.4) is 0 Å². The van der Waals surface area contributed by atoms with Gasteiger partial charge in [-0.25, -0.2) is 0 Å². The normalized spacial score (nSPS) is 10.9. The third-order valence-electron chi connectivity index (χ3n) is 5.35. The van der Waals surface area contributed by atoms with Gasteiger partial charge in [0, 0.05) is 33.3 Å². The van der Waals surface area contributed by atoms with Gasteiger partial charge in [-0.15, -0.1) is 0 Å². The predicted octanol–water partition coefficient (Wildman–Crippen LogP) is 6.92. The Morgan fingerprint density at radius 1 is 0.583 bits per heavy atom. The van der Waals surface area contributed by atoms with Gasteiger partial charge >= 0.3 is 0 Å². The molecule has 36 heavy (non-hydrogen) atoms. The summed E-state index contributed by atoms with van der Waals surface area (Å²) in [6.07, 6.45) is 0.0282. The summed E-state index contributed by atoms with van der Waals surface area (Å²) in [6, 6.07) is 25.4. The van der Waals surface area contributed by atoms with Gasteiger partial charge in [-0.2, -0.15) is 0 Å². The minimum absolute atomic E-state index is 0.0141. The highest BCUT2D eigenvalue weighted by Gasteiger charge is 2.14. The van der Waals surface area contributed by atoms with Gasteiger partial charge in [-0.3, -0.25) is 9.59 Å². The Hall–Kier alpha value is -4.32. The molecule has 0 fully saturated rings. The molecule has 0 atom stereocenters. The Morgan fingerprint density at radius 2 is 0.972 bits per heavy atom. The average molecular weight is 483 g/mol. The fourth-order valence-corrected chi connectivity index (χ4v) is 3.88. The van der Waals surface area contributed by atoms with Gasteiger partial charge in [0.05, 0.1) is 12.2 Å². The number of nitrogens with one attached hydrogen (secondary N) is 2. The van der Waals surface area contributed by atoms with Gasteiger partial charge < -0.3 is 20.1 Å². The number of rotatable bonds is 8. The molecule has 4 rings (SSSR count). The van der Waals surface area contributed by atoms with Crippen LogP contribution < -0.4 is 20.1 Å². The van der Waals surface area contributed by atoms with Crippen molar-refractivity contribution in [3.05, 3.63) is 96.1 Å². The molecule has 0 radical (unpaired) electrons. The molecule has 4 aromatic carbocycles. The molecule has 0 saturated carbocycles. The molecule has 2 amide bonds. The van der Waals surface area contributed by atoms with E-state index in [0.717, 1.165) is 10.8 Å². The third-order valence-corrected chi connectivity index (χ3v) is 5.35. The van der Waals surface area contributed by atoms with Crippen molar-refractivity contribution in [3.8, 4) is 11.5 Å². The van der Waals surface area contributed by atoms with Gasteiger partial charge in [0.1, 0.15) is 11.5 Å². The van der Waals surface area contributed by atoms with Gasteiger partial charge in [0.25, 0.3) is 11.8 Å². The Kier molecular flexibility index (Phi) is 7.54. The van der Waals surface area contributed by atoms with E-state index in [4.69, 9.17) is 9.47 Å². The Morgan fingerprint density at radius 3 is 1.36 bits per heavy atom. The van der Waals surface area contributed by atoms with Gasteiger partial charge in [-0.05, 0) is 76.2 Å². The second-order valence-electron chi connectivity index (χ2n) is 9.00. The van der Waals surface area contributed by atoms with Gasteiger partial charge in [0.15, 0.2) is 0 Å². The monoisotopic (exact) mass is 482 g/mol. The fraction of sp³-hybridized carbons (Fsp3) is 0.200. The van der Waals surface area contributed by atoms with E-state index < -0.39 is 0 Å². The summed E-state index contributed by atoms with van der Waals surface area (Å²) in [4.78, 5) is 26.0. The molecule has 0 aromatic heterocycles. The lowest BCUT2D eigenvalue weighted by Crippen LogP contribution is -2.14. The molecule has 0 heterocycles. The molecule has 4 aromatic rings. The molecule has 0 unspecified atom stereocenters. The van der Waals surface area contributed by atoms with E-state index >= 15 is 0 Å². The smallest absolute Gasteiger partial charge is 0.255 e. The molecule has 0 saturated heterocycles. The highest BCUT2D eigenvalue weighted by atomic mass is 16.5. The maximum Gasteiger partial charge on any atom is 0.255 e. The van der Waals surface area contributed by atoms with Gasteiger partial charge in [-0.1, -0.05) is 36.4 Å². The average Bonchev–Trinajstić information content (AvgIpc) is 2.84. The SMILES string of the molecule is CC(C)Oc1cccc(C(=O)Nc2cccc3c(NC(=O)c4cccc(OC(C)C)c4)cccc23)c1. The first-order chi connectivity index (χ1) is 17.3. The lowest BCUT2D eigenvalue weighted by molar-refractivity contribution is 0.101. The van der Waals surface area contributed by atoms with Crippen LogP contribution in [0.25, 0.3) is 10.8 Å². The van der Waals surface area contributed by atoms with E-state index in [1.54, 1.807) is 36.4 Å². The number of carbonyl (C=O) groups is 2. The molecule has 0 aliphatic carbocycles. The molecule has 184 valence electrons. The summed E-state index contributed by atoms with van der Waals surface area (Å²) in [5.74, 6) is 0.799. The number of hydrogen-bond donors (Lipinski definition) is 2. The summed E-state index contributed by atoms with van der Waals surface area (Å²) < 4.78 is 11.4. The molecular weight excluding hydrogens is 452 g/mol. The minimum Gasteiger partial charge on any atom is -0.491 e. The van der Waals surface area contributed by atoms with Crippen LogP contribution >= 0.6 is 0 Å². The number of carbonyl (C=O) groups excluding carboxylic acids is 2. The standard InChI is InChI=1S/C30H30N2O4/c1-19(2)35-23-11-5-9-21(17-23)29(33)31-27-15-7-14-26-25(27)13-8-16-28(26)32-30(34)22-10-6-12-24(18-22)36-20(3)4/h5-20H,1-4H3,(H,31,33)(H,32,34). The summed E-state index contributed by atoms with van der Waals surface area (Å²) in [7, 11) is 0. The first-order valence-electron chi connectivity index (χ1n) is 12.0. The number of benzene rings is 4. The van der Waals surface area contributed by atoms with Crippen LogP contribution in [0.4, 0.5) is 11.4 Å². The van der Waals surface area contributed by atoms with Crippen LogP contribution in [0.1, 0.15) is 48.4 Å². The van der Waals surface area contributed by atoms with Crippen molar-refractivity contribution in [1.82, 2.24) is 0 Å². The van der Waals surface area contributed by atoms with E-state index in [2.05, 4.69) is 10.6 Å². The zero-order valence-corrected chi connectivity index (χ0v) is 20.9. The highest BCUT2D eigenvalue weighted by molar-refractivity contribution is 6.14. The molecule has 2 N–H and O–H groups in total. The van der Waals surface area contributed by atoms with Crippen molar-refractivity contribution in [2.45, 2.75) is 39.9 Å². The first kappa shape index (κ1) is 24.8. The van der Waals surface area contributed by atoms with E-state index in [1.807, 2.05) is 76.2 Å². The van der Waals surface area contributed by atoms with Crippen LogP contribution in [-0.2, 0) is 0 Å². The highest BCUT2D eigenvalue weighted by Crippen LogP contribution is 2.30. The second-order valence-corrected chi connectivity index (χ2v) is 9.00. The summed E-state index contributed by atoms with van der Waals surface area (Å²) >= 11 is 0. The predicted molar refractivity (Wildman–Crippen MR) is 144 cm³/mol. The number of hydrogen-bond acceptors (Lipinski definition) is 4. The van der Waals surface area contributed by atoms with Crippen molar-refractivity contribution in [2.24, 2.45) is 0 Å². The number of fused-ring (bicyclic) bond motifs is 1. The fourth-order valence-electron chi connectivity index (χ4n) is 3.88. The number of anilines is 2. The van der Waals surface area contributed by atoms with Crippen LogP contribution in [-0.4, -0.2) is 24.0 Å². The summed E-state index contributed by atoms with van der Waals surface area (Å²) in [6.45, 7) is 7.76.